The molecule has 0 N–H and O–H groups in total. The second-order valence-corrected chi connectivity index (χ2v) is 4.29. The smallest absolute Gasteiger partial charge is 0.428 e. The van der Waals surface area contributed by atoms with Gasteiger partial charge in [-0.1, -0.05) is 0 Å². The summed E-state index contributed by atoms with van der Waals surface area (Å²) in [5, 5.41) is 2.60. The highest BCUT2D eigenvalue weighted by Crippen LogP contribution is 2.24. The van der Waals surface area contributed by atoms with Gasteiger partial charge in [0, 0.05) is 19.2 Å². The summed E-state index contributed by atoms with van der Waals surface area (Å²) < 4.78 is 14.8. The van der Waals surface area contributed by atoms with Crippen molar-refractivity contribution in [1.82, 2.24) is 15.0 Å². The Morgan fingerprint density at radius 1 is 1.10 bits per heavy atom. The van der Waals surface area contributed by atoms with Crippen molar-refractivity contribution in [2.45, 2.75) is 6.42 Å². The van der Waals surface area contributed by atoms with Gasteiger partial charge in [0.25, 0.3) is 5.91 Å². The van der Waals surface area contributed by atoms with E-state index in [0.717, 1.165) is 0 Å². The fraction of sp³-hybridized carbons (Fsp3) is 0.462. The van der Waals surface area contributed by atoms with Crippen LogP contribution in [0.1, 0.15) is 16.8 Å². The lowest BCUT2D eigenvalue weighted by Crippen LogP contribution is -2.44. The highest BCUT2D eigenvalue weighted by molar-refractivity contribution is 5.97. The lowest BCUT2D eigenvalue weighted by molar-refractivity contribution is 0.0190. The summed E-state index contributed by atoms with van der Waals surface area (Å²) in [6, 6.07) is 3.12. The molecule has 2 rings (SSSR count). The summed E-state index contributed by atoms with van der Waals surface area (Å²) in [6.07, 6.45) is 0.119. The van der Waals surface area contributed by atoms with Crippen molar-refractivity contribution >= 4 is 12.0 Å². The van der Waals surface area contributed by atoms with Gasteiger partial charge in [-0.25, -0.2) is 14.8 Å². The van der Waals surface area contributed by atoms with Crippen LogP contribution in [0.15, 0.2) is 12.1 Å². The third kappa shape index (κ3) is 2.83. The van der Waals surface area contributed by atoms with Crippen LogP contribution in [0, 0.1) is 0 Å². The Labute approximate surface area is 122 Å². The fourth-order valence-electron chi connectivity index (χ4n) is 2.11. The van der Waals surface area contributed by atoms with Crippen LogP contribution < -0.4 is 9.47 Å². The zero-order valence-electron chi connectivity index (χ0n) is 12.2. The Balaban J connectivity index is 2.29. The maximum absolute atomic E-state index is 12.6. The van der Waals surface area contributed by atoms with Crippen LogP contribution in [0.25, 0.3) is 0 Å². The highest BCUT2D eigenvalue weighted by Gasteiger charge is 2.33. The molecule has 0 aromatic carbocycles. The van der Waals surface area contributed by atoms with Crippen LogP contribution in [0.3, 0.4) is 0 Å². The Hall–Kier alpha value is -2.51. The minimum Gasteiger partial charge on any atom is -0.481 e. The van der Waals surface area contributed by atoms with Crippen LogP contribution in [0.2, 0.25) is 0 Å². The van der Waals surface area contributed by atoms with Crippen LogP contribution in [0.4, 0.5) is 4.79 Å². The molecule has 1 aliphatic heterocycles. The number of methoxy groups -OCH3 is 3. The van der Waals surface area contributed by atoms with E-state index in [9.17, 15) is 9.59 Å². The summed E-state index contributed by atoms with van der Waals surface area (Å²) in [5.74, 6) is 0.121. The van der Waals surface area contributed by atoms with E-state index in [1.54, 1.807) is 12.1 Å². The summed E-state index contributed by atoms with van der Waals surface area (Å²) in [7, 11) is 4.17. The minimum atomic E-state index is -0.568. The van der Waals surface area contributed by atoms with E-state index in [2.05, 4.69) is 9.72 Å². The van der Waals surface area contributed by atoms with Gasteiger partial charge in [0.05, 0.1) is 21.3 Å². The van der Waals surface area contributed by atoms with E-state index >= 15 is 0 Å². The molecule has 1 aromatic rings. The van der Waals surface area contributed by atoms with E-state index in [1.165, 1.54) is 31.3 Å². The maximum Gasteiger partial charge on any atom is 0.428 e. The van der Waals surface area contributed by atoms with Crippen LogP contribution in [0.5, 0.6) is 11.8 Å². The molecule has 21 heavy (non-hydrogen) atoms. The average molecular weight is 295 g/mol. The molecule has 0 radical (unpaired) electrons. The third-order valence-corrected chi connectivity index (χ3v) is 3.12. The molecule has 2 amide bonds. The Morgan fingerprint density at radius 2 is 1.81 bits per heavy atom. The van der Waals surface area contributed by atoms with Crippen molar-refractivity contribution in [2.75, 3.05) is 34.4 Å². The molecule has 2 heterocycles. The van der Waals surface area contributed by atoms with Crippen LogP contribution in [-0.4, -0.2) is 61.4 Å². The van der Waals surface area contributed by atoms with Gasteiger partial charge in [-0.15, -0.1) is 0 Å². The van der Waals surface area contributed by atoms with Crippen molar-refractivity contribution in [1.29, 1.82) is 0 Å². The van der Waals surface area contributed by atoms with E-state index < -0.39 is 6.09 Å². The summed E-state index contributed by atoms with van der Waals surface area (Å²) in [6.45, 7) is 0.868. The van der Waals surface area contributed by atoms with Gasteiger partial charge in [0.15, 0.2) is 0 Å². The van der Waals surface area contributed by atoms with Crippen LogP contribution >= 0.6 is 0 Å². The first kappa shape index (κ1) is 14.9. The molecule has 0 bridgehead atoms. The Kier molecular flexibility index (Phi) is 4.46. The molecule has 1 fully saturated rings. The zero-order chi connectivity index (χ0) is 15.4. The lowest BCUT2D eigenvalue weighted by Gasteiger charge is -2.26. The second-order valence-electron chi connectivity index (χ2n) is 4.29. The molecule has 0 spiro atoms. The van der Waals surface area contributed by atoms with Gasteiger partial charge < -0.3 is 14.2 Å². The van der Waals surface area contributed by atoms with Gasteiger partial charge in [0.2, 0.25) is 11.8 Å². The standard InChI is InChI=1S/C13H17N3O5/c1-19-10-6-5-9(11(14-10)20-2)12(17)15-7-4-8-16(15)13(18)21-3/h5-6H,4,7-8H2,1-3H3. The molecule has 1 aromatic heterocycles. The number of rotatable bonds is 3. The van der Waals surface area contributed by atoms with Crippen molar-refractivity contribution in [3.8, 4) is 11.8 Å². The SMILES string of the molecule is COC(=O)N1CCCN1C(=O)c1ccc(OC)nc1OC. The number of carbonyl (C=O) groups excluding carboxylic acids is 2. The largest absolute Gasteiger partial charge is 0.481 e. The van der Waals surface area contributed by atoms with Crippen molar-refractivity contribution in [2.24, 2.45) is 0 Å². The van der Waals surface area contributed by atoms with Gasteiger partial charge in [-0.3, -0.25) is 4.79 Å². The highest BCUT2D eigenvalue weighted by atomic mass is 16.5. The maximum atomic E-state index is 12.6. The first-order chi connectivity index (χ1) is 10.1. The van der Waals surface area contributed by atoms with E-state index in [-0.39, 0.29) is 17.4 Å². The first-order valence-electron chi connectivity index (χ1n) is 6.38. The number of carbonyl (C=O) groups is 2. The molecule has 114 valence electrons. The number of pyridine rings is 1. The molecule has 1 saturated heterocycles. The first-order valence-corrected chi connectivity index (χ1v) is 6.38. The number of amides is 2. The van der Waals surface area contributed by atoms with Crippen molar-refractivity contribution in [3.63, 3.8) is 0 Å². The van der Waals surface area contributed by atoms with Gasteiger partial charge in [-0.05, 0) is 12.5 Å². The second kappa shape index (κ2) is 6.29. The molecule has 0 atom stereocenters. The van der Waals surface area contributed by atoms with Crippen LogP contribution in [-0.2, 0) is 4.74 Å². The summed E-state index contributed by atoms with van der Waals surface area (Å²) in [4.78, 5) is 28.3. The topological polar surface area (TPSA) is 81.2 Å². The average Bonchev–Trinajstić information content (AvgIpc) is 3.02. The molecule has 0 aliphatic carbocycles. The number of nitrogens with zero attached hydrogens (tertiary/aromatic N) is 3. The molecular formula is C13H17N3O5. The molecule has 0 unspecified atom stereocenters. The zero-order valence-corrected chi connectivity index (χ0v) is 12.2. The quantitative estimate of drug-likeness (QED) is 0.825. The third-order valence-electron chi connectivity index (χ3n) is 3.12. The summed E-state index contributed by atoms with van der Waals surface area (Å²) in [5.41, 5.74) is 0.258. The predicted octanol–water partition coefficient (Wildman–Crippen LogP) is 0.928. The number of ether oxygens (including phenoxy) is 3. The Morgan fingerprint density at radius 3 is 2.43 bits per heavy atom. The molecule has 8 nitrogen and oxygen atoms in total. The molecular weight excluding hydrogens is 278 g/mol. The summed E-state index contributed by atoms with van der Waals surface area (Å²) >= 11 is 0. The monoisotopic (exact) mass is 295 g/mol. The number of hydrogen-bond donors (Lipinski definition) is 0. The lowest BCUT2D eigenvalue weighted by atomic mass is 10.2. The van der Waals surface area contributed by atoms with Gasteiger partial charge in [0.1, 0.15) is 5.56 Å². The van der Waals surface area contributed by atoms with Gasteiger partial charge >= 0.3 is 6.09 Å². The normalized spacial score (nSPS) is 14.0. The molecule has 1 aliphatic rings. The van der Waals surface area contributed by atoms with E-state index in [4.69, 9.17) is 9.47 Å². The fourth-order valence-corrected chi connectivity index (χ4v) is 2.11. The van der Waals surface area contributed by atoms with E-state index in [1.807, 2.05) is 0 Å². The molecule has 8 heteroatoms. The van der Waals surface area contributed by atoms with E-state index in [0.29, 0.717) is 25.4 Å². The van der Waals surface area contributed by atoms with Crippen molar-refractivity contribution in [3.05, 3.63) is 17.7 Å². The number of hydrazine groups is 1. The minimum absolute atomic E-state index is 0.149. The number of hydrogen-bond acceptors (Lipinski definition) is 6. The molecule has 0 saturated carbocycles. The van der Waals surface area contributed by atoms with Gasteiger partial charge in [-0.2, -0.15) is 4.98 Å². The van der Waals surface area contributed by atoms with Crippen molar-refractivity contribution < 1.29 is 23.8 Å². The number of aromatic nitrogens is 1. The predicted molar refractivity (Wildman–Crippen MR) is 72.1 cm³/mol. The Bertz CT molecular complexity index is 549.